The number of nitriles is 1. The minimum absolute atomic E-state index is 0.200. The van der Waals surface area contributed by atoms with Gasteiger partial charge < -0.3 is 14.4 Å². The van der Waals surface area contributed by atoms with Crippen LogP contribution in [0.25, 0.3) is 10.9 Å². The highest BCUT2D eigenvalue weighted by Crippen LogP contribution is 2.32. The third kappa shape index (κ3) is 2.10. The van der Waals surface area contributed by atoms with Crippen LogP contribution in [0.2, 0.25) is 0 Å². The first-order valence-electron chi connectivity index (χ1n) is 6.29. The molecule has 20 heavy (non-hydrogen) atoms. The second-order valence-corrected chi connectivity index (χ2v) is 4.66. The van der Waals surface area contributed by atoms with E-state index in [-0.39, 0.29) is 12.1 Å². The zero-order chi connectivity index (χ0) is 14.9. The molecule has 0 unspecified atom stereocenters. The van der Waals surface area contributed by atoms with Crippen molar-refractivity contribution in [1.29, 1.82) is 5.26 Å². The predicted molar refractivity (Wildman–Crippen MR) is 75.2 cm³/mol. The zero-order valence-corrected chi connectivity index (χ0v) is 11.7. The summed E-state index contributed by atoms with van der Waals surface area (Å²) in [6, 6.07) is 5.54. The van der Waals surface area contributed by atoms with E-state index in [1.165, 1.54) is 0 Å². The molecule has 2 aromatic rings. The Morgan fingerprint density at radius 3 is 2.65 bits per heavy atom. The van der Waals surface area contributed by atoms with Gasteiger partial charge in [0.1, 0.15) is 11.4 Å². The molecule has 0 bridgehead atoms. The molecule has 1 aromatic carbocycles. The van der Waals surface area contributed by atoms with Crippen molar-refractivity contribution in [1.82, 2.24) is 4.57 Å². The van der Waals surface area contributed by atoms with E-state index in [9.17, 15) is 9.90 Å². The zero-order valence-electron chi connectivity index (χ0n) is 11.7. The number of carbonyl (C=O) groups is 1. The maximum atomic E-state index is 11.4. The topological polar surface area (TPSA) is 75.2 Å². The lowest BCUT2D eigenvalue weighted by Gasteiger charge is -2.11. The first-order chi connectivity index (χ1) is 9.51. The number of hydrogen-bond donors (Lipinski definition) is 1. The van der Waals surface area contributed by atoms with E-state index < -0.39 is 5.97 Å². The van der Waals surface area contributed by atoms with Gasteiger partial charge in [-0.3, -0.25) is 0 Å². The van der Waals surface area contributed by atoms with Gasteiger partial charge in [0.2, 0.25) is 0 Å². The monoisotopic (exact) mass is 272 g/mol. The summed E-state index contributed by atoms with van der Waals surface area (Å²) in [5.41, 5.74) is 2.98. The van der Waals surface area contributed by atoms with Crippen LogP contribution in [0.1, 0.15) is 28.0 Å². The Kier molecular flexibility index (Phi) is 3.66. The first-order valence-corrected chi connectivity index (χ1v) is 6.29. The van der Waals surface area contributed by atoms with Crippen molar-refractivity contribution in [3.05, 3.63) is 29.0 Å². The van der Waals surface area contributed by atoms with Crippen molar-refractivity contribution in [2.45, 2.75) is 26.8 Å². The van der Waals surface area contributed by atoms with E-state index in [0.717, 1.165) is 27.8 Å². The number of carboxylic acid groups (broad SMARTS) is 1. The van der Waals surface area contributed by atoms with Gasteiger partial charge in [-0.25, -0.2) is 4.79 Å². The molecule has 0 amide bonds. The first kappa shape index (κ1) is 13.9. The summed E-state index contributed by atoms with van der Waals surface area (Å²) in [5, 5.41) is 18.9. The highest BCUT2D eigenvalue weighted by Gasteiger charge is 2.18. The number of fused-ring (bicyclic) bond motifs is 1. The molecule has 0 fully saturated rings. The smallest absolute Gasteiger partial charge is 0.352 e. The lowest BCUT2D eigenvalue weighted by molar-refractivity contribution is 0.0685. The van der Waals surface area contributed by atoms with Crippen molar-refractivity contribution in [3.63, 3.8) is 0 Å². The van der Waals surface area contributed by atoms with Gasteiger partial charge in [-0.15, -0.1) is 0 Å². The molecular formula is C15H16N2O3. The molecule has 0 radical (unpaired) electrons. The SMILES string of the molecule is COc1cc2c(cc(C(=O)O)n2CCC#N)c(C)c1C. The van der Waals surface area contributed by atoms with Gasteiger partial charge in [-0.2, -0.15) is 5.26 Å². The van der Waals surface area contributed by atoms with Crippen molar-refractivity contribution >= 4 is 16.9 Å². The summed E-state index contributed by atoms with van der Waals surface area (Å²) >= 11 is 0. The van der Waals surface area contributed by atoms with Gasteiger partial charge in [-0.1, -0.05) is 0 Å². The van der Waals surface area contributed by atoms with Gasteiger partial charge >= 0.3 is 5.97 Å². The summed E-state index contributed by atoms with van der Waals surface area (Å²) < 4.78 is 7.00. The lowest BCUT2D eigenvalue weighted by Crippen LogP contribution is -2.08. The Morgan fingerprint density at radius 1 is 1.40 bits per heavy atom. The van der Waals surface area contributed by atoms with Crippen LogP contribution in [-0.2, 0) is 6.54 Å². The van der Waals surface area contributed by atoms with Crippen LogP contribution >= 0.6 is 0 Å². The number of benzene rings is 1. The van der Waals surface area contributed by atoms with Crippen LogP contribution in [0.15, 0.2) is 12.1 Å². The van der Waals surface area contributed by atoms with Crippen LogP contribution in [-0.4, -0.2) is 22.8 Å². The number of ether oxygens (including phenoxy) is 1. The quantitative estimate of drug-likeness (QED) is 0.928. The standard InChI is InChI=1S/C15H16N2O3/c1-9-10(2)14(20-3)8-12-11(9)7-13(15(18)19)17(12)6-4-5-16/h7-8H,4,6H2,1-3H3,(H,18,19). The number of methoxy groups -OCH3 is 1. The Hall–Kier alpha value is -2.48. The minimum Gasteiger partial charge on any atom is -0.496 e. The summed E-state index contributed by atoms with van der Waals surface area (Å²) in [6.07, 6.45) is 0.263. The van der Waals surface area contributed by atoms with Crippen molar-refractivity contribution < 1.29 is 14.6 Å². The largest absolute Gasteiger partial charge is 0.496 e. The van der Waals surface area contributed by atoms with Crippen LogP contribution in [0.5, 0.6) is 5.75 Å². The Labute approximate surface area is 117 Å². The molecule has 1 N–H and O–H groups in total. The molecule has 5 heteroatoms. The summed E-state index contributed by atoms with van der Waals surface area (Å²) in [7, 11) is 1.59. The van der Waals surface area contributed by atoms with Crippen molar-refractivity contribution in [2.24, 2.45) is 0 Å². The van der Waals surface area contributed by atoms with Crippen LogP contribution in [0.4, 0.5) is 0 Å². The molecule has 2 rings (SSSR count). The molecule has 0 aliphatic heterocycles. The van der Waals surface area contributed by atoms with Crippen molar-refractivity contribution in [2.75, 3.05) is 7.11 Å². The highest BCUT2D eigenvalue weighted by atomic mass is 16.5. The van der Waals surface area contributed by atoms with Gasteiger partial charge in [0, 0.05) is 18.0 Å². The van der Waals surface area contributed by atoms with E-state index in [0.29, 0.717) is 6.54 Å². The van der Waals surface area contributed by atoms with Crippen molar-refractivity contribution in [3.8, 4) is 11.8 Å². The number of aromatic nitrogens is 1. The van der Waals surface area contributed by atoms with Crippen LogP contribution in [0, 0.1) is 25.2 Å². The molecule has 0 spiro atoms. The average molecular weight is 272 g/mol. The molecule has 0 saturated carbocycles. The van der Waals surface area contributed by atoms with Gasteiger partial charge in [0.15, 0.2) is 0 Å². The van der Waals surface area contributed by atoms with E-state index in [1.54, 1.807) is 17.7 Å². The second kappa shape index (κ2) is 5.25. The number of aryl methyl sites for hydroxylation is 2. The molecule has 0 saturated heterocycles. The normalized spacial score (nSPS) is 10.5. The summed E-state index contributed by atoms with van der Waals surface area (Å²) in [4.78, 5) is 11.4. The molecule has 1 aromatic heterocycles. The molecule has 104 valence electrons. The fraction of sp³-hybridized carbons (Fsp3) is 0.333. The number of aromatic carboxylic acids is 1. The number of nitrogens with zero attached hydrogens (tertiary/aromatic N) is 2. The average Bonchev–Trinajstić information content (AvgIpc) is 2.79. The van der Waals surface area contributed by atoms with Gasteiger partial charge in [0.25, 0.3) is 0 Å². The third-order valence-electron chi connectivity index (χ3n) is 3.63. The van der Waals surface area contributed by atoms with Gasteiger partial charge in [0.05, 0.1) is 25.1 Å². The molecule has 1 heterocycles. The fourth-order valence-corrected chi connectivity index (χ4v) is 2.43. The summed E-state index contributed by atoms with van der Waals surface area (Å²) in [5.74, 6) is -0.265. The second-order valence-electron chi connectivity index (χ2n) is 4.66. The number of hydrogen-bond acceptors (Lipinski definition) is 3. The maximum absolute atomic E-state index is 11.4. The fourth-order valence-electron chi connectivity index (χ4n) is 2.43. The van der Waals surface area contributed by atoms with Gasteiger partial charge in [-0.05, 0) is 31.0 Å². The van der Waals surface area contributed by atoms with E-state index >= 15 is 0 Å². The molecule has 0 aliphatic carbocycles. The van der Waals surface area contributed by atoms with Crippen LogP contribution < -0.4 is 4.74 Å². The molecular weight excluding hydrogens is 256 g/mol. The molecule has 5 nitrogen and oxygen atoms in total. The van der Waals surface area contributed by atoms with E-state index in [2.05, 4.69) is 0 Å². The lowest BCUT2D eigenvalue weighted by atomic mass is 10.0. The predicted octanol–water partition coefficient (Wildman–Crippen LogP) is 2.88. The maximum Gasteiger partial charge on any atom is 0.352 e. The highest BCUT2D eigenvalue weighted by molar-refractivity contribution is 5.97. The minimum atomic E-state index is -0.991. The summed E-state index contributed by atoms with van der Waals surface area (Å²) in [6.45, 7) is 4.24. The Balaban J connectivity index is 2.79. The van der Waals surface area contributed by atoms with E-state index in [4.69, 9.17) is 10.00 Å². The van der Waals surface area contributed by atoms with Crippen LogP contribution in [0.3, 0.4) is 0 Å². The van der Waals surface area contributed by atoms with E-state index in [1.807, 2.05) is 26.0 Å². The number of rotatable bonds is 4. The Bertz CT molecular complexity index is 723. The number of carboxylic acids is 1. The molecule has 0 aliphatic rings. The molecule has 0 atom stereocenters. The third-order valence-corrected chi connectivity index (χ3v) is 3.63. The Morgan fingerprint density at radius 2 is 2.10 bits per heavy atom.